The van der Waals surface area contributed by atoms with Crippen LogP contribution in [0.3, 0.4) is 0 Å². The number of carbonyl (C=O) groups is 1. The third kappa shape index (κ3) is 8.52. The van der Waals surface area contributed by atoms with Gasteiger partial charge in [-0.2, -0.15) is 11.8 Å². The Balaban J connectivity index is 1.38. The molecule has 0 saturated heterocycles. The molecule has 234 valence electrons. The number of aliphatic hydroxyl groups is 1. The van der Waals surface area contributed by atoms with Crippen molar-refractivity contribution in [1.29, 1.82) is 0 Å². The molecule has 1 aliphatic rings. The minimum atomic E-state index is -1.33. The van der Waals surface area contributed by atoms with Gasteiger partial charge in [-0.15, -0.1) is 0 Å². The van der Waals surface area contributed by atoms with Crippen molar-refractivity contribution in [3.8, 4) is 5.75 Å². The molecule has 3 N–H and O–H groups in total. The monoisotopic (exact) mass is 691 g/mol. The number of carbonyl (C=O) groups excluding carboxylic acids is 1. The zero-order valence-corrected chi connectivity index (χ0v) is 27.0. The first-order valence-electron chi connectivity index (χ1n) is 14.7. The molecule has 0 fully saturated rings. The smallest absolute Gasteiger partial charge is 0.266 e. The Kier molecular flexibility index (Phi) is 11.6. The highest BCUT2D eigenvalue weighted by atomic mass is 79.9. The molecule has 10 heteroatoms. The Hall–Kier alpha value is -3.70. The maximum atomic E-state index is 14.3. The van der Waals surface area contributed by atoms with E-state index in [0.29, 0.717) is 37.6 Å². The summed E-state index contributed by atoms with van der Waals surface area (Å²) < 4.78 is 26.3. The third-order valence-corrected chi connectivity index (χ3v) is 9.04. The van der Waals surface area contributed by atoms with Crippen molar-refractivity contribution in [2.45, 2.75) is 30.2 Å². The maximum Gasteiger partial charge on any atom is 0.266 e. The van der Waals surface area contributed by atoms with Crippen LogP contribution in [0.4, 0.5) is 4.39 Å². The average Bonchev–Trinajstić information content (AvgIpc) is 3.44. The van der Waals surface area contributed by atoms with Gasteiger partial charge in [-0.25, -0.2) is 14.8 Å². The number of aliphatic hydroxyl groups excluding tert-OH is 1. The van der Waals surface area contributed by atoms with Crippen LogP contribution in [0, 0.1) is 5.82 Å². The summed E-state index contributed by atoms with van der Waals surface area (Å²) in [6.45, 7) is 0.998. The zero-order valence-electron chi connectivity index (χ0n) is 24.6. The van der Waals surface area contributed by atoms with Crippen molar-refractivity contribution >= 4 is 39.5 Å². The molecule has 0 unspecified atom stereocenters. The maximum absolute atomic E-state index is 14.3. The molecule has 1 heterocycles. The fourth-order valence-electron chi connectivity index (χ4n) is 5.00. The predicted molar refractivity (Wildman–Crippen MR) is 180 cm³/mol. The Morgan fingerprint density at radius 1 is 0.978 bits per heavy atom. The summed E-state index contributed by atoms with van der Waals surface area (Å²) in [4.78, 5) is 19.3. The van der Waals surface area contributed by atoms with Gasteiger partial charge in [0, 0.05) is 53.1 Å². The highest BCUT2D eigenvalue weighted by Gasteiger charge is 2.53. The SMILES string of the molecule is O=C(NNCCSCc1ccc(F)cc1)[C@@]1(Cc2ccccc2)N=C(c2ccc(OCCCO)cc2)O[C@H]1c1ccccc1Br. The lowest BCUT2D eigenvalue weighted by Gasteiger charge is -2.31. The molecule has 5 rings (SSSR count). The molecule has 0 radical (unpaired) electrons. The average molecular weight is 693 g/mol. The van der Waals surface area contributed by atoms with E-state index >= 15 is 0 Å². The van der Waals surface area contributed by atoms with E-state index in [1.807, 2.05) is 78.9 Å². The summed E-state index contributed by atoms with van der Waals surface area (Å²) in [5, 5.41) is 9.05. The second-order valence-electron chi connectivity index (χ2n) is 10.5. The number of benzene rings is 4. The van der Waals surface area contributed by atoms with Gasteiger partial charge >= 0.3 is 0 Å². The summed E-state index contributed by atoms with van der Waals surface area (Å²) in [6, 6.07) is 31.4. The second kappa shape index (κ2) is 16.0. The van der Waals surface area contributed by atoms with Gasteiger partial charge < -0.3 is 14.6 Å². The number of ether oxygens (including phenoxy) is 2. The molecule has 0 aromatic heterocycles. The first kappa shape index (κ1) is 32.7. The van der Waals surface area contributed by atoms with E-state index < -0.39 is 11.6 Å². The van der Waals surface area contributed by atoms with Gasteiger partial charge in [0.2, 0.25) is 5.90 Å². The number of amides is 1. The van der Waals surface area contributed by atoms with Crippen molar-refractivity contribution in [1.82, 2.24) is 10.9 Å². The first-order valence-corrected chi connectivity index (χ1v) is 16.7. The number of hydrogen-bond acceptors (Lipinski definition) is 7. The van der Waals surface area contributed by atoms with Crippen molar-refractivity contribution in [2.24, 2.45) is 4.99 Å². The highest BCUT2D eigenvalue weighted by molar-refractivity contribution is 9.10. The van der Waals surface area contributed by atoms with Crippen LogP contribution in [0.5, 0.6) is 5.75 Å². The standard InChI is InChI=1S/C35H35BrFN3O4S/c36-31-10-5-4-9-30(31)32-35(23-25-7-2-1-3-8-25,34(42)40-38-19-22-45-24-26-11-15-28(37)16-12-26)39-33(44-32)27-13-17-29(18-14-27)43-21-6-20-41/h1-5,7-18,32,38,41H,6,19-24H2,(H,40,42)/t32-,35-/m0/s1. The van der Waals surface area contributed by atoms with Crippen molar-refractivity contribution in [2.75, 3.05) is 25.5 Å². The Morgan fingerprint density at radius 2 is 1.71 bits per heavy atom. The van der Waals surface area contributed by atoms with Gasteiger partial charge in [-0.3, -0.25) is 10.2 Å². The zero-order chi connectivity index (χ0) is 31.5. The number of thioether (sulfide) groups is 1. The number of aliphatic imine (C=N–C) groups is 1. The lowest BCUT2D eigenvalue weighted by Crippen LogP contribution is -2.54. The quantitative estimate of drug-likeness (QED) is 0.0987. The van der Waals surface area contributed by atoms with Gasteiger partial charge in [0.05, 0.1) is 6.61 Å². The van der Waals surface area contributed by atoms with Crippen molar-refractivity contribution in [3.05, 3.63) is 136 Å². The second-order valence-corrected chi connectivity index (χ2v) is 12.5. The van der Waals surface area contributed by atoms with Gasteiger partial charge in [-0.05, 0) is 53.6 Å². The molecular formula is C35H35BrFN3O4S. The van der Waals surface area contributed by atoms with Crippen LogP contribution < -0.4 is 15.6 Å². The normalized spacial score (nSPS) is 17.4. The van der Waals surface area contributed by atoms with Crippen LogP contribution >= 0.6 is 27.7 Å². The number of halogens is 2. The van der Waals surface area contributed by atoms with E-state index in [9.17, 15) is 9.18 Å². The van der Waals surface area contributed by atoms with Crippen LogP contribution in [-0.2, 0) is 21.7 Å². The molecule has 7 nitrogen and oxygen atoms in total. The fraction of sp³-hybridized carbons (Fsp3) is 0.257. The van der Waals surface area contributed by atoms with Crippen LogP contribution in [0.1, 0.15) is 34.8 Å². The van der Waals surface area contributed by atoms with Crippen molar-refractivity contribution < 1.29 is 23.8 Å². The molecule has 0 saturated carbocycles. The Bertz CT molecular complexity index is 1570. The van der Waals surface area contributed by atoms with E-state index in [0.717, 1.165) is 38.2 Å². The van der Waals surface area contributed by atoms with E-state index in [1.165, 1.54) is 12.1 Å². The number of nitrogens with one attached hydrogen (secondary N) is 2. The van der Waals surface area contributed by atoms with Gasteiger partial charge in [0.1, 0.15) is 11.6 Å². The summed E-state index contributed by atoms with van der Waals surface area (Å²) in [7, 11) is 0. The van der Waals surface area contributed by atoms with E-state index in [1.54, 1.807) is 23.9 Å². The molecule has 1 amide bonds. The number of hydrazine groups is 1. The molecule has 0 spiro atoms. The molecule has 45 heavy (non-hydrogen) atoms. The third-order valence-electron chi connectivity index (χ3n) is 7.29. The molecule has 4 aromatic rings. The van der Waals surface area contributed by atoms with E-state index in [4.69, 9.17) is 19.6 Å². The highest BCUT2D eigenvalue weighted by Crippen LogP contribution is 2.44. The van der Waals surface area contributed by atoms with Gasteiger partial charge in [0.15, 0.2) is 11.6 Å². The first-order chi connectivity index (χ1) is 22.0. The minimum absolute atomic E-state index is 0.0639. The summed E-state index contributed by atoms with van der Waals surface area (Å²) in [5.41, 5.74) is 8.20. The number of nitrogens with zero attached hydrogens (tertiary/aromatic N) is 1. The number of rotatable bonds is 15. The van der Waals surface area contributed by atoms with Gasteiger partial charge in [0.25, 0.3) is 5.91 Å². The molecular weight excluding hydrogens is 657 g/mol. The van der Waals surface area contributed by atoms with E-state index in [-0.39, 0.29) is 18.3 Å². The summed E-state index contributed by atoms with van der Waals surface area (Å²) >= 11 is 5.36. The Labute approximate surface area is 275 Å². The molecule has 2 atom stereocenters. The number of hydrogen-bond donors (Lipinski definition) is 3. The van der Waals surface area contributed by atoms with Crippen molar-refractivity contribution in [3.63, 3.8) is 0 Å². The van der Waals surface area contributed by atoms with Gasteiger partial charge in [-0.1, -0.05) is 76.6 Å². The topological polar surface area (TPSA) is 92.2 Å². The fourth-order valence-corrected chi connectivity index (χ4v) is 6.31. The minimum Gasteiger partial charge on any atom is -0.494 e. The molecule has 4 aromatic carbocycles. The van der Waals surface area contributed by atoms with Crippen LogP contribution in [0.2, 0.25) is 0 Å². The molecule has 0 bridgehead atoms. The summed E-state index contributed by atoms with van der Waals surface area (Å²) in [6.07, 6.45) is 0.125. The van der Waals surface area contributed by atoms with Crippen LogP contribution in [-0.4, -0.2) is 48.0 Å². The largest absolute Gasteiger partial charge is 0.494 e. The predicted octanol–water partition coefficient (Wildman–Crippen LogP) is 6.40. The Morgan fingerprint density at radius 3 is 2.44 bits per heavy atom. The molecule has 1 aliphatic heterocycles. The van der Waals surface area contributed by atoms with Crippen LogP contribution in [0.15, 0.2) is 113 Å². The lowest BCUT2D eigenvalue weighted by molar-refractivity contribution is -0.130. The summed E-state index contributed by atoms with van der Waals surface area (Å²) in [5.74, 6) is 1.94. The lowest BCUT2D eigenvalue weighted by atomic mass is 9.82. The van der Waals surface area contributed by atoms with Crippen LogP contribution in [0.25, 0.3) is 0 Å². The van der Waals surface area contributed by atoms with E-state index in [2.05, 4.69) is 26.8 Å². The molecule has 0 aliphatic carbocycles.